The average Bonchev–Trinajstić information content (AvgIpc) is 2.94. The first kappa shape index (κ1) is 13.8. The highest BCUT2D eigenvalue weighted by Gasteiger charge is 2.52. The third-order valence-electron chi connectivity index (χ3n) is 2.55. The van der Waals surface area contributed by atoms with Crippen LogP contribution < -0.4 is 0 Å². The molecule has 1 N–H and O–H groups in total. The van der Waals surface area contributed by atoms with Crippen LogP contribution in [0.1, 0.15) is 11.1 Å². The summed E-state index contributed by atoms with van der Waals surface area (Å²) >= 11 is 0.920. The zero-order valence-corrected chi connectivity index (χ0v) is 10.1. The van der Waals surface area contributed by atoms with Gasteiger partial charge in [0.05, 0.1) is 6.26 Å². The zero-order valence-electron chi connectivity index (χ0n) is 9.26. The largest absolute Gasteiger partial charge is 0.480 e. The van der Waals surface area contributed by atoms with Crippen molar-refractivity contribution >= 4 is 23.6 Å². The van der Waals surface area contributed by atoms with E-state index >= 15 is 0 Å². The van der Waals surface area contributed by atoms with E-state index in [0.717, 1.165) is 11.8 Å². The summed E-state index contributed by atoms with van der Waals surface area (Å²) in [6, 6.07) is 1.34. The van der Waals surface area contributed by atoms with Gasteiger partial charge in [-0.3, -0.25) is 4.79 Å². The van der Waals surface area contributed by atoms with Crippen molar-refractivity contribution in [2.24, 2.45) is 0 Å². The molecule has 9 heteroatoms. The van der Waals surface area contributed by atoms with Gasteiger partial charge in [0, 0.05) is 5.75 Å². The van der Waals surface area contributed by atoms with Gasteiger partial charge < -0.3 is 14.4 Å². The molecule has 1 saturated heterocycles. The fourth-order valence-corrected chi connectivity index (χ4v) is 3.11. The molecule has 0 bridgehead atoms. The summed E-state index contributed by atoms with van der Waals surface area (Å²) in [6.07, 6.45) is -3.87. The quantitative estimate of drug-likeness (QED) is 0.902. The van der Waals surface area contributed by atoms with Crippen LogP contribution in [0.2, 0.25) is 0 Å². The lowest BCUT2D eigenvalue weighted by atomic mass is 10.2. The number of aliphatic carboxylic acids is 1. The molecule has 1 fully saturated rings. The number of carbonyl (C=O) groups excluding carboxylic acids is 1. The minimum atomic E-state index is -5.12. The maximum absolute atomic E-state index is 12.5. The van der Waals surface area contributed by atoms with Gasteiger partial charge in [0.15, 0.2) is 0 Å². The number of carboxylic acids is 1. The van der Waals surface area contributed by atoms with Crippen LogP contribution in [0.3, 0.4) is 0 Å². The topological polar surface area (TPSA) is 70.8 Å². The second-order valence-corrected chi connectivity index (χ2v) is 4.88. The summed E-state index contributed by atoms with van der Waals surface area (Å²) in [5.74, 6) is -3.65. The first-order valence-corrected chi connectivity index (χ1v) is 6.14. The molecule has 0 spiro atoms. The Hall–Kier alpha value is -1.64. The normalized spacial score (nSPS) is 23.6. The molecule has 0 radical (unpaired) electrons. The number of nitrogens with zero attached hydrogens (tertiary/aromatic N) is 1. The molecule has 2 atom stereocenters. The maximum Gasteiger partial charge on any atom is 0.471 e. The minimum Gasteiger partial charge on any atom is -0.480 e. The van der Waals surface area contributed by atoms with Crippen molar-refractivity contribution in [1.29, 1.82) is 0 Å². The van der Waals surface area contributed by atoms with Crippen molar-refractivity contribution < 1.29 is 32.3 Å². The van der Waals surface area contributed by atoms with E-state index in [1.54, 1.807) is 0 Å². The van der Waals surface area contributed by atoms with Crippen LogP contribution in [-0.4, -0.2) is 39.9 Å². The molecule has 0 saturated carbocycles. The molecule has 2 heterocycles. The van der Waals surface area contributed by atoms with Gasteiger partial charge in [-0.1, -0.05) is 0 Å². The van der Waals surface area contributed by atoms with Crippen LogP contribution in [0.4, 0.5) is 13.2 Å². The maximum atomic E-state index is 12.5. The average molecular weight is 295 g/mol. The van der Waals surface area contributed by atoms with Crippen LogP contribution in [0.25, 0.3) is 0 Å². The van der Waals surface area contributed by atoms with E-state index in [1.165, 1.54) is 18.4 Å². The van der Waals surface area contributed by atoms with Crippen LogP contribution in [0.15, 0.2) is 22.8 Å². The van der Waals surface area contributed by atoms with Gasteiger partial charge >= 0.3 is 18.1 Å². The van der Waals surface area contributed by atoms with Crippen LogP contribution >= 0.6 is 11.8 Å². The number of furan rings is 1. The van der Waals surface area contributed by atoms with E-state index in [2.05, 4.69) is 0 Å². The van der Waals surface area contributed by atoms with Gasteiger partial charge in [-0.15, -0.1) is 11.8 Å². The first-order valence-electron chi connectivity index (χ1n) is 5.09. The van der Waals surface area contributed by atoms with Crippen LogP contribution in [0, 0.1) is 0 Å². The second-order valence-electron chi connectivity index (χ2n) is 3.77. The second kappa shape index (κ2) is 4.80. The Bertz CT molecular complexity index is 487. The van der Waals surface area contributed by atoms with E-state index in [1.807, 2.05) is 0 Å². The number of hydrogen-bond acceptors (Lipinski definition) is 4. The third kappa shape index (κ3) is 2.55. The smallest absolute Gasteiger partial charge is 0.471 e. The highest BCUT2D eigenvalue weighted by atomic mass is 32.2. The lowest BCUT2D eigenvalue weighted by molar-refractivity contribution is -0.189. The van der Waals surface area contributed by atoms with Crippen LogP contribution in [-0.2, 0) is 9.59 Å². The highest BCUT2D eigenvalue weighted by Crippen LogP contribution is 2.43. The number of hydrogen-bond donors (Lipinski definition) is 1. The number of amides is 1. The molecule has 2 unspecified atom stereocenters. The molecule has 19 heavy (non-hydrogen) atoms. The molecule has 2 rings (SSSR count). The van der Waals surface area contributed by atoms with Crippen LogP contribution in [0.5, 0.6) is 0 Å². The van der Waals surface area contributed by atoms with E-state index in [4.69, 9.17) is 9.52 Å². The van der Waals surface area contributed by atoms with Gasteiger partial charge in [0.25, 0.3) is 0 Å². The van der Waals surface area contributed by atoms with Gasteiger partial charge in [-0.25, -0.2) is 4.79 Å². The number of alkyl halides is 3. The Morgan fingerprint density at radius 2 is 2.16 bits per heavy atom. The fourth-order valence-electron chi connectivity index (χ4n) is 1.74. The van der Waals surface area contributed by atoms with Gasteiger partial charge in [-0.05, 0) is 12.1 Å². The third-order valence-corrected chi connectivity index (χ3v) is 3.83. The van der Waals surface area contributed by atoms with Crippen molar-refractivity contribution in [2.75, 3.05) is 5.75 Å². The molecule has 1 aliphatic heterocycles. The molecule has 104 valence electrons. The standard InChI is InChI=1S/C10H8F3NO4S/c11-10(12,13)9(17)14-5(8(15)16)4-19-7(14)6-2-1-3-18-6/h1-3,5,7H,4H2,(H,15,16). The number of carbonyl (C=O) groups is 2. The number of halogens is 3. The predicted octanol–water partition coefficient (Wildman–Crippen LogP) is 1.87. The Morgan fingerprint density at radius 3 is 2.63 bits per heavy atom. The molecule has 0 aromatic carbocycles. The Morgan fingerprint density at radius 1 is 1.47 bits per heavy atom. The van der Waals surface area contributed by atoms with Crippen molar-refractivity contribution in [3.63, 3.8) is 0 Å². The summed E-state index contributed by atoms with van der Waals surface area (Å²) < 4.78 is 42.5. The fraction of sp³-hybridized carbons (Fsp3) is 0.400. The molecule has 5 nitrogen and oxygen atoms in total. The Labute approximate surface area is 109 Å². The van der Waals surface area contributed by atoms with Gasteiger partial charge in [-0.2, -0.15) is 13.2 Å². The van der Waals surface area contributed by atoms with E-state index in [9.17, 15) is 22.8 Å². The highest BCUT2D eigenvalue weighted by molar-refractivity contribution is 7.99. The Kier molecular flexibility index (Phi) is 3.48. The number of rotatable bonds is 2. The SMILES string of the molecule is O=C(O)C1CSC(c2ccco2)N1C(=O)C(F)(F)F. The molecular weight excluding hydrogens is 287 g/mol. The number of carboxylic acid groups (broad SMARTS) is 1. The Balaban J connectivity index is 2.35. The monoisotopic (exact) mass is 295 g/mol. The summed E-state index contributed by atoms with van der Waals surface area (Å²) in [7, 11) is 0. The summed E-state index contributed by atoms with van der Waals surface area (Å²) in [4.78, 5) is 22.6. The van der Waals surface area contributed by atoms with E-state index in [-0.39, 0.29) is 11.5 Å². The molecule has 0 aliphatic carbocycles. The molecule has 1 aromatic rings. The van der Waals surface area contributed by atoms with Crippen molar-refractivity contribution in [1.82, 2.24) is 4.90 Å². The van der Waals surface area contributed by atoms with Gasteiger partial charge in [0.2, 0.25) is 0 Å². The predicted molar refractivity (Wildman–Crippen MR) is 58.2 cm³/mol. The molecular formula is C10H8F3NO4S. The molecule has 1 aliphatic rings. The van der Waals surface area contributed by atoms with Gasteiger partial charge in [0.1, 0.15) is 17.2 Å². The van der Waals surface area contributed by atoms with Crippen molar-refractivity contribution in [2.45, 2.75) is 17.6 Å². The van der Waals surface area contributed by atoms with Crippen molar-refractivity contribution in [3.8, 4) is 0 Å². The lowest BCUT2D eigenvalue weighted by Crippen LogP contribution is -2.48. The molecule has 1 amide bonds. The lowest BCUT2D eigenvalue weighted by Gasteiger charge is -2.26. The molecule has 1 aromatic heterocycles. The zero-order chi connectivity index (χ0) is 14.2. The van der Waals surface area contributed by atoms with E-state index < -0.39 is 29.5 Å². The summed E-state index contributed by atoms with van der Waals surface area (Å²) in [6.45, 7) is 0. The van der Waals surface area contributed by atoms with E-state index in [0.29, 0.717) is 4.90 Å². The number of thioether (sulfide) groups is 1. The summed E-state index contributed by atoms with van der Waals surface area (Å²) in [5, 5.41) is 7.83. The minimum absolute atomic E-state index is 0.117. The summed E-state index contributed by atoms with van der Waals surface area (Å²) in [5.41, 5.74) is 0. The van der Waals surface area contributed by atoms with Crippen molar-refractivity contribution in [3.05, 3.63) is 24.2 Å². The first-order chi connectivity index (χ1) is 8.82.